The van der Waals surface area contributed by atoms with Gasteiger partial charge in [0.25, 0.3) is 0 Å². The van der Waals surface area contributed by atoms with Crippen LogP contribution in [0.15, 0.2) is 24.3 Å². The molecule has 0 unspecified atom stereocenters. The first kappa shape index (κ1) is 15.8. The summed E-state index contributed by atoms with van der Waals surface area (Å²) in [5, 5.41) is 9.60. The number of anilines is 1. The zero-order valence-corrected chi connectivity index (χ0v) is 14.8. The van der Waals surface area contributed by atoms with Gasteiger partial charge in [-0.05, 0) is 19.1 Å². The molecule has 3 aromatic rings. The second kappa shape index (κ2) is 5.98. The highest BCUT2D eigenvalue weighted by Gasteiger charge is 2.25. The third-order valence-electron chi connectivity index (χ3n) is 4.76. The van der Waals surface area contributed by atoms with Crippen molar-refractivity contribution in [2.45, 2.75) is 20.8 Å². The predicted molar refractivity (Wildman–Crippen MR) is 96.7 cm³/mol. The van der Waals surface area contributed by atoms with E-state index in [1.165, 1.54) is 0 Å². The lowest BCUT2D eigenvalue weighted by Crippen LogP contribution is -2.50. The monoisotopic (exact) mass is 338 g/mol. The molecular formula is C18H22N6O. The van der Waals surface area contributed by atoms with Crippen molar-refractivity contribution in [2.24, 2.45) is 5.92 Å². The molecule has 1 aliphatic rings. The zero-order valence-electron chi connectivity index (χ0n) is 14.8. The Morgan fingerprint density at radius 3 is 2.52 bits per heavy atom. The Morgan fingerprint density at radius 1 is 1.08 bits per heavy atom. The van der Waals surface area contributed by atoms with Crippen molar-refractivity contribution >= 4 is 28.4 Å². The van der Waals surface area contributed by atoms with Gasteiger partial charge in [-0.2, -0.15) is 0 Å². The highest BCUT2D eigenvalue weighted by atomic mass is 16.2. The van der Waals surface area contributed by atoms with Gasteiger partial charge >= 0.3 is 0 Å². The zero-order chi connectivity index (χ0) is 17.6. The first-order valence-electron chi connectivity index (χ1n) is 8.70. The van der Waals surface area contributed by atoms with E-state index < -0.39 is 0 Å². The molecule has 3 heterocycles. The van der Waals surface area contributed by atoms with Crippen molar-refractivity contribution in [3.63, 3.8) is 0 Å². The maximum atomic E-state index is 12.2. The molecule has 0 radical (unpaired) electrons. The molecule has 7 nitrogen and oxygen atoms in total. The van der Waals surface area contributed by atoms with Crippen molar-refractivity contribution in [3.05, 3.63) is 30.1 Å². The fourth-order valence-electron chi connectivity index (χ4n) is 3.40. The molecule has 0 spiro atoms. The molecule has 25 heavy (non-hydrogen) atoms. The van der Waals surface area contributed by atoms with E-state index in [1.807, 2.05) is 54.3 Å². The molecule has 0 N–H and O–H groups in total. The largest absolute Gasteiger partial charge is 0.339 e. The van der Waals surface area contributed by atoms with Gasteiger partial charge < -0.3 is 9.80 Å². The molecule has 1 aliphatic heterocycles. The van der Waals surface area contributed by atoms with Crippen molar-refractivity contribution in [1.82, 2.24) is 24.5 Å². The van der Waals surface area contributed by atoms with Crippen molar-refractivity contribution < 1.29 is 4.79 Å². The summed E-state index contributed by atoms with van der Waals surface area (Å²) in [4.78, 5) is 21.2. The van der Waals surface area contributed by atoms with Crippen LogP contribution in [0, 0.1) is 12.8 Å². The highest BCUT2D eigenvalue weighted by Crippen LogP contribution is 2.24. The molecule has 1 aromatic carbocycles. The number of hydrogen-bond donors (Lipinski definition) is 0. The van der Waals surface area contributed by atoms with Crippen LogP contribution in [-0.2, 0) is 4.79 Å². The third kappa shape index (κ3) is 2.59. The molecule has 1 amide bonds. The van der Waals surface area contributed by atoms with Crippen LogP contribution < -0.4 is 4.90 Å². The van der Waals surface area contributed by atoms with Crippen molar-refractivity contribution in [1.29, 1.82) is 0 Å². The second-order valence-electron chi connectivity index (χ2n) is 6.80. The summed E-state index contributed by atoms with van der Waals surface area (Å²) in [6, 6.07) is 8.00. The molecule has 7 heteroatoms. The van der Waals surface area contributed by atoms with Crippen LogP contribution >= 0.6 is 0 Å². The first-order valence-corrected chi connectivity index (χ1v) is 8.70. The molecule has 1 fully saturated rings. The number of benzene rings is 1. The maximum absolute atomic E-state index is 12.2. The molecule has 0 saturated carbocycles. The Balaban J connectivity index is 1.72. The van der Waals surface area contributed by atoms with Gasteiger partial charge in [0.1, 0.15) is 5.82 Å². The summed E-state index contributed by atoms with van der Waals surface area (Å²) >= 11 is 0. The number of aryl methyl sites for hydroxylation is 1. The van der Waals surface area contributed by atoms with Crippen molar-refractivity contribution in [2.75, 3.05) is 31.1 Å². The van der Waals surface area contributed by atoms with E-state index in [0.717, 1.165) is 41.4 Å². The van der Waals surface area contributed by atoms with Gasteiger partial charge in [-0.25, -0.2) is 9.38 Å². The minimum atomic E-state index is 0.0390. The van der Waals surface area contributed by atoms with Gasteiger partial charge in [0.2, 0.25) is 11.9 Å². The van der Waals surface area contributed by atoms with Crippen LogP contribution in [0.25, 0.3) is 16.6 Å². The van der Waals surface area contributed by atoms with E-state index in [-0.39, 0.29) is 11.8 Å². The van der Waals surface area contributed by atoms with E-state index in [0.29, 0.717) is 13.1 Å². The number of para-hydroxylation sites is 1. The number of carbonyl (C=O) groups is 1. The minimum absolute atomic E-state index is 0.0390. The Bertz CT molecular complexity index is 939. The summed E-state index contributed by atoms with van der Waals surface area (Å²) in [5.74, 6) is 1.94. The van der Waals surface area contributed by atoms with E-state index in [2.05, 4.69) is 15.1 Å². The van der Waals surface area contributed by atoms with E-state index in [1.54, 1.807) is 0 Å². The average molecular weight is 338 g/mol. The lowest BCUT2D eigenvalue weighted by atomic mass is 10.1. The van der Waals surface area contributed by atoms with Gasteiger partial charge in [-0.3, -0.25) is 4.79 Å². The quantitative estimate of drug-likeness (QED) is 0.714. The molecule has 2 aromatic heterocycles. The lowest BCUT2D eigenvalue weighted by molar-refractivity contribution is -0.134. The van der Waals surface area contributed by atoms with Crippen LogP contribution in [-0.4, -0.2) is 56.6 Å². The van der Waals surface area contributed by atoms with Crippen LogP contribution in [0.4, 0.5) is 5.95 Å². The molecule has 0 bridgehead atoms. The normalized spacial score (nSPS) is 15.5. The Labute approximate surface area is 146 Å². The van der Waals surface area contributed by atoms with E-state index >= 15 is 0 Å². The SMILES string of the molecule is Cc1nnc2c3ccccc3nc(N3CCN(C(=O)C(C)C)CC3)n12. The highest BCUT2D eigenvalue weighted by molar-refractivity contribution is 5.92. The Morgan fingerprint density at radius 2 is 1.80 bits per heavy atom. The number of rotatable bonds is 2. The van der Waals surface area contributed by atoms with Crippen LogP contribution in [0.1, 0.15) is 19.7 Å². The first-order chi connectivity index (χ1) is 12.1. The molecule has 0 atom stereocenters. The summed E-state index contributed by atoms with van der Waals surface area (Å²) in [6.45, 7) is 8.79. The minimum Gasteiger partial charge on any atom is -0.339 e. The number of hydrogen-bond acceptors (Lipinski definition) is 5. The lowest BCUT2D eigenvalue weighted by Gasteiger charge is -2.36. The molecular weight excluding hydrogens is 316 g/mol. The second-order valence-corrected chi connectivity index (χ2v) is 6.80. The summed E-state index contributed by atoms with van der Waals surface area (Å²) < 4.78 is 2.02. The molecule has 130 valence electrons. The maximum Gasteiger partial charge on any atom is 0.225 e. The number of aromatic nitrogens is 4. The Hall–Kier alpha value is -2.70. The number of nitrogens with zero attached hydrogens (tertiary/aromatic N) is 6. The Kier molecular flexibility index (Phi) is 3.78. The van der Waals surface area contributed by atoms with Gasteiger partial charge in [0.15, 0.2) is 5.65 Å². The number of carbonyl (C=O) groups excluding carboxylic acids is 1. The average Bonchev–Trinajstić information content (AvgIpc) is 3.03. The van der Waals surface area contributed by atoms with Gasteiger partial charge in [-0.15, -0.1) is 10.2 Å². The van der Waals surface area contributed by atoms with Crippen molar-refractivity contribution in [3.8, 4) is 0 Å². The molecule has 4 rings (SSSR count). The van der Waals surface area contributed by atoms with Gasteiger partial charge in [-0.1, -0.05) is 26.0 Å². The topological polar surface area (TPSA) is 66.6 Å². The fraction of sp³-hybridized carbons (Fsp3) is 0.444. The van der Waals surface area contributed by atoms with E-state index in [4.69, 9.17) is 4.98 Å². The summed E-state index contributed by atoms with van der Waals surface area (Å²) in [7, 11) is 0. The summed E-state index contributed by atoms with van der Waals surface area (Å²) in [6.07, 6.45) is 0. The van der Waals surface area contributed by atoms with Gasteiger partial charge in [0, 0.05) is 37.5 Å². The standard InChI is InChI=1S/C18H22N6O/c1-12(2)17(25)22-8-10-23(11-9-22)18-19-15-7-5-4-6-14(15)16-21-20-13(3)24(16)18/h4-7,12H,8-11H2,1-3H3. The van der Waals surface area contributed by atoms with E-state index in [9.17, 15) is 4.79 Å². The third-order valence-corrected chi connectivity index (χ3v) is 4.76. The van der Waals surface area contributed by atoms with Crippen LogP contribution in [0.3, 0.4) is 0 Å². The van der Waals surface area contributed by atoms with Gasteiger partial charge in [0.05, 0.1) is 5.52 Å². The van der Waals surface area contributed by atoms with Crippen LogP contribution in [0.2, 0.25) is 0 Å². The predicted octanol–water partition coefficient (Wildman–Crippen LogP) is 1.89. The molecule has 0 aliphatic carbocycles. The smallest absolute Gasteiger partial charge is 0.225 e. The number of piperazine rings is 1. The summed E-state index contributed by atoms with van der Waals surface area (Å²) in [5.41, 5.74) is 1.75. The molecule has 1 saturated heterocycles. The fourth-order valence-corrected chi connectivity index (χ4v) is 3.40. The number of fused-ring (bicyclic) bond motifs is 3. The van der Waals surface area contributed by atoms with Crippen LogP contribution in [0.5, 0.6) is 0 Å². The number of amides is 1.